The summed E-state index contributed by atoms with van der Waals surface area (Å²) >= 11 is 0. The van der Waals surface area contributed by atoms with Crippen LogP contribution in [-0.2, 0) is 17.8 Å². The van der Waals surface area contributed by atoms with E-state index in [-0.39, 0.29) is 18.5 Å². The zero-order valence-corrected chi connectivity index (χ0v) is 13.4. The molecule has 1 fully saturated rings. The molecule has 2 heterocycles. The predicted molar refractivity (Wildman–Crippen MR) is 89.4 cm³/mol. The summed E-state index contributed by atoms with van der Waals surface area (Å²) < 4.78 is 1.29. The Hall–Kier alpha value is -2.47. The van der Waals surface area contributed by atoms with Crippen molar-refractivity contribution in [1.29, 1.82) is 0 Å². The lowest BCUT2D eigenvalue weighted by Crippen LogP contribution is -2.53. The van der Waals surface area contributed by atoms with Crippen LogP contribution in [0.3, 0.4) is 0 Å². The number of benzene rings is 1. The van der Waals surface area contributed by atoms with Gasteiger partial charge in [0.1, 0.15) is 6.54 Å². The van der Waals surface area contributed by atoms with E-state index in [2.05, 4.69) is 4.98 Å². The molecule has 1 amide bonds. The third-order valence-electron chi connectivity index (χ3n) is 4.44. The highest BCUT2D eigenvalue weighted by Gasteiger charge is 2.33. The number of aliphatic hydroxyl groups excluding tert-OH is 1. The molecule has 0 unspecified atom stereocenters. The van der Waals surface area contributed by atoms with E-state index in [4.69, 9.17) is 0 Å². The van der Waals surface area contributed by atoms with Crippen LogP contribution in [0.1, 0.15) is 18.4 Å². The molecular weight excluding hydrogens is 306 g/mol. The van der Waals surface area contributed by atoms with E-state index in [0.29, 0.717) is 19.4 Å². The second-order valence-corrected chi connectivity index (χ2v) is 6.08. The van der Waals surface area contributed by atoms with Crippen LogP contribution in [-0.4, -0.2) is 44.2 Å². The standard InChI is InChI=1S/C18H21N3O3/c22-16-8-4-11-21(15(16)12-14-6-2-1-3-7-14)17(23)13-20-10-5-9-19-18(20)24/h1-3,5-7,9-10,15-16,22H,4,8,11-13H2/t15-,16-/m0/s1. The first-order chi connectivity index (χ1) is 11.6. The molecule has 6 heteroatoms. The zero-order valence-electron chi connectivity index (χ0n) is 13.4. The molecule has 3 rings (SSSR count). The van der Waals surface area contributed by atoms with Crippen LogP contribution < -0.4 is 5.69 Å². The predicted octanol–water partition coefficient (Wildman–Crippen LogP) is 0.838. The molecule has 1 N–H and O–H groups in total. The fourth-order valence-electron chi connectivity index (χ4n) is 3.19. The lowest BCUT2D eigenvalue weighted by Gasteiger charge is -2.39. The summed E-state index contributed by atoms with van der Waals surface area (Å²) in [6.07, 6.45) is 4.48. The summed E-state index contributed by atoms with van der Waals surface area (Å²) in [4.78, 5) is 29.8. The number of rotatable bonds is 4. The Morgan fingerprint density at radius 3 is 2.79 bits per heavy atom. The minimum atomic E-state index is -0.548. The molecule has 2 aromatic rings. The molecular formula is C18H21N3O3. The van der Waals surface area contributed by atoms with Gasteiger partial charge < -0.3 is 10.0 Å². The van der Waals surface area contributed by atoms with Crippen molar-refractivity contribution in [1.82, 2.24) is 14.5 Å². The molecule has 0 saturated carbocycles. The van der Waals surface area contributed by atoms with Gasteiger partial charge in [-0.15, -0.1) is 0 Å². The topological polar surface area (TPSA) is 75.4 Å². The summed E-state index contributed by atoms with van der Waals surface area (Å²) in [5.74, 6) is -0.162. The Labute approximate surface area is 140 Å². The highest BCUT2D eigenvalue weighted by molar-refractivity contribution is 5.76. The van der Waals surface area contributed by atoms with Crippen LogP contribution in [0, 0.1) is 0 Å². The van der Waals surface area contributed by atoms with Crippen LogP contribution >= 0.6 is 0 Å². The van der Waals surface area contributed by atoms with Gasteiger partial charge >= 0.3 is 5.69 Å². The van der Waals surface area contributed by atoms with Gasteiger partial charge in [0.25, 0.3) is 0 Å². The fraction of sp³-hybridized carbons (Fsp3) is 0.389. The van der Waals surface area contributed by atoms with Crippen LogP contribution in [0.2, 0.25) is 0 Å². The summed E-state index contributed by atoms with van der Waals surface area (Å²) in [7, 11) is 0. The Morgan fingerprint density at radius 2 is 2.04 bits per heavy atom. The van der Waals surface area contributed by atoms with Crippen molar-refractivity contribution in [3.8, 4) is 0 Å². The largest absolute Gasteiger partial charge is 0.391 e. The minimum absolute atomic E-state index is 0.0509. The van der Waals surface area contributed by atoms with Gasteiger partial charge in [0, 0.05) is 18.9 Å². The average molecular weight is 327 g/mol. The molecule has 2 atom stereocenters. The molecule has 0 bridgehead atoms. The number of nitrogens with zero attached hydrogens (tertiary/aromatic N) is 3. The second-order valence-electron chi connectivity index (χ2n) is 6.08. The maximum atomic E-state index is 12.7. The van der Waals surface area contributed by atoms with Crippen molar-refractivity contribution in [2.24, 2.45) is 0 Å². The van der Waals surface area contributed by atoms with Crippen molar-refractivity contribution < 1.29 is 9.90 Å². The van der Waals surface area contributed by atoms with Crippen molar-refractivity contribution in [2.45, 2.75) is 38.0 Å². The average Bonchev–Trinajstić information content (AvgIpc) is 2.59. The smallest absolute Gasteiger partial charge is 0.347 e. The Balaban J connectivity index is 1.77. The lowest BCUT2D eigenvalue weighted by molar-refractivity contribution is -0.139. The number of hydrogen-bond donors (Lipinski definition) is 1. The van der Waals surface area contributed by atoms with Crippen LogP contribution in [0.15, 0.2) is 53.6 Å². The van der Waals surface area contributed by atoms with E-state index in [0.717, 1.165) is 12.0 Å². The first-order valence-electron chi connectivity index (χ1n) is 8.18. The third kappa shape index (κ3) is 3.71. The van der Waals surface area contributed by atoms with E-state index < -0.39 is 11.8 Å². The van der Waals surface area contributed by atoms with Crippen molar-refractivity contribution in [3.05, 3.63) is 64.8 Å². The van der Waals surface area contributed by atoms with Crippen LogP contribution in [0.25, 0.3) is 0 Å². The number of carbonyl (C=O) groups is 1. The molecule has 1 aliphatic rings. The van der Waals surface area contributed by atoms with Gasteiger partial charge in [-0.25, -0.2) is 9.78 Å². The molecule has 24 heavy (non-hydrogen) atoms. The normalized spacial score (nSPS) is 20.8. The number of likely N-dealkylation sites (tertiary alicyclic amines) is 1. The summed E-state index contributed by atoms with van der Waals surface area (Å²) in [6.45, 7) is 0.549. The molecule has 0 aliphatic carbocycles. The van der Waals surface area contributed by atoms with Gasteiger partial charge in [-0.3, -0.25) is 9.36 Å². The first-order valence-corrected chi connectivity index (χ1v) is 8.18. The number of carbonyl (C=O) groups excluding carboxylic acids is 1. The van der Waals surface area contributed by atoms with Crippen LogP contribution in [0.5, 0.6) is 0 Å². The summed E-state index contributed by atoms with van der Waals surface area (Å²) in [6, 6.07) is 11.2. The molecule has 1 aromatic heterocycles. The van der Waals surface area contributed by atoms with E-state index in [9.17, 15) is 14.7 Å². The quantitative estimate of drug-likeness (QED) is 0.903. The van der Waals surface area contributed by atoms with Gasteiger partial charge in [-0.05, 0) is 30.9 Å². The van der Waals surface area contributed by atoms with Gasteiger partial charge in [0.2, 0.25) is 5.91 Å². The summed E-state index contributed by atoms with van der Waals surface area (Å²) in [5.41, 5.74) is 0.641. The van der Waals surface area contributed by atoms with E-state index in [1.165, 1.54) is 10.8 Å². The second kappa shape index (κ2) is 7.40. The Morgan fingerprint density at radius 1 is 1.25 bits per heavy atom. The zero-order chi connectivity index (χ0) is 16.9. The number of amides is 1. The van der Waals surface area contributed by atoms with E-state index >= 15 is 0 Å². The van der Waals surface area contributed by atoms with Gasteiger partial charge in [-0.1, -0.05) is 30.3 Å². The van der Waals surface area contributed by atoms with Gasteiger partial charge in [0.05, 0.1) is 12.1 Å². The maximum absolute atomic E-state index is 12.7. The highest BCUT2D eigenvalue weighted by atomic mass is 16.3. The lowest BCUT2D eigenvalue weighted by atomic mass is 9.93. The molecule has 126 valence electrons. The van der Waals surface area contributed by atoms with Gasteiger partial charge in [0.15, 0.2) is 0 Å². The van der Waals surface area contributed by atoms with E-state index in [1.807, 2.05) is 30.3 Å². The molecule has 1 saturated heterocycles. The molecule has 0 spiro atoms. The molecule has 6 nitrogen and oxygen atoms in total. The van der Waals surface area contributed by atoms with Crippen molar-refractivity contribution in [2.75, 3.05) is 6.54 Å². The number of piperidine rings is 1. The fourth-order valence-corrected chi connectivity index (χ4v) is 3.19. The number of aromatic nitrogens is 2. The molecule has 0 radical (unpaired) electrons. The minimum Gasteiger partial charge on any atom is -0.391 e. The van der Waals surface area contributed by atoms with Crippen molar-refractivity contribution in [3.63, 3.8) is 0 Å². The maximum Gasteiger partial charge on any atom is 0.347 e. The number of hydrogen-bond acceptors (Lipinski definition) is 4. The highest BCUT2D eigenvalue weighted by Crippen LogP contribution is 2.22. The monoisotopic (exact) mass is 327 g/mol. The molecule has 1 aliphatic heterocycles. The van der Waals surface area contributed by atoms with Crippen LogP contribution in [0.4, 0.5) is 0 Å². The molecule has 1 aromatic carbocycles. The Kier molecular flexibility index (Phi) is 5.05. The van der Waals surface area contributed by atoms with Crippen molar-refractivity contribution >= 4 is 5.91 Å². The SMILES string of the molecule is O=C(Cn1cccnc1=O)N1CCC[C@H](O)[C@@H]1Cc1ccccc1. The van der Waals surface area contributed by atoms with E-state index in [1.54, 1.807) is 17.2 Å². The van der Waals surface area contributed by atoms with Gasteiger partial charge in [-0.2, -0.15) is 0 Å². The summed E-state index contributed by atoms with van der Waals surface area (Å²) in [5, 5.41) is 10.4. The first kappa shape index (κ1) is 16.4. The number of aliphatic hydroxyl groups is 1. The Bertz CT molecular complexity index is 744. The third-order valence-corrected chi connectivity index (χ3v) is 4.44.